The van der Waals surface area contributed by atoms with Crippen molar-refractivity contribution in [2.75, 3.05) is 0 Å². The molecule has 0 radical (unpaired) electrons. The maximum absolute atomic E-state index is 12.3. The van der Waals surface area contributed by atoms with Crippen molar-refractivity contribution in [3.8, 4) is 0 Å². The average Bonchev–Trinajstić information content (AvgIpc) is 2.38. The van der Waals surface area contributed by atoms with E-state index < -0.39 is 12.1 Å². The molecule has 0 aromatic heterocycles. The van der Waals surface area contributed by atoms with Crippen molar-refractivity contribution in [3.05, 3.63) is 33.8 Å². The van der Waals surface area contributed by atoms with Crippen molar-refractivity contribution in [3.63, 3.8) is 0 Å². The highest BCUT2D eigenvalue weighted by Gasteiger charge is 2.37. The first-order valence-corrected chi connectivity index (χ1v) is 7.24. The van der Waals surface area contributed by atoms with Gasteiger partial charge in [-0.2, -0.15) is 0 Å². The van der Waals surface area contributed by atoms with Crippen LogP contribution in [-0.2, 0) is 16.1 Å². The second-order valence-corrected chi connectivity index (χ2v) is 5.70. The fourth-order valence-electron chi connectivity index (χ4n) is 2.34. The second kappa shape index (κ2) is 6.02. The number of hydrogen-bond donors (Lipinski definition) is 1. The minimum atomic E-state index is -0.503. The molecule has 2 rings (SSSR count). The number of nitrogens with zero attached hydrogens (tertiary/aromatic N) is 1. The number of piperazine rings is 1. The predicted octanol–water partition coefficient (Wildman–Crippen LogP) is 2.62. The Morgan fingerprint density at radius 1 is 1.30 bits per heavy atom. The molecule has 2 atom stereocenters. The van der Waals surface area contributed by atoms with Gasteiger partial charge in [-0.1, -0.05) is 36.2 Å². The zero-order chi connectivity index (χ0) is 14.9. The molecule has 2 amide bonds. The van der Waals surface area contributed by atoms with Gasteiger partial charge in [0.1, 0.15) is 12.1 Å². The topological polar surface area (TPSA) is 49.4 Å². The maximum Gasteiger partial charge on any atom is 0.245 e. The number of hydrogen-bond acceptors (Lipinski definition) is 2. The molecule has 1 N–H and O–H groups in total. The van der Waals surface area contributed by atoms with Crippen LogP contribution in [0.3, 0.4) is 0 Å². The predicted molar refractivity (Wildman–Crippen MR) is 78.7 cm³/mol. The third-order valence-corrected chi connectivity index (χ3v) is 4.02. The lowest BCUT2D eigenvalue weighted by molar-refractivity contribution is -0.149. The molecule has 1 aromatic rings. The van der Waals surface area contributed by atoms with Gasteiger partial charge in [-0.15, -0.1) is 0 Å². The summed E-state index contributed by atoms with van der Waals surface area (Å²) in [6, 6.07) is 4.18. The summed E-state index contributed by atoms with van der Waals surface area (Å²) in [5.74, 6) is -0.216. The number of amides is 2. The fourth-order valence-corrected chi connectivity index (χ4v) is 2.81. The van der Waals surface area contributed by atoms with E-state index >= 15 is 0 Å². The summed E-state index contributed by atoms with van der Waals surface area (Å²) in [6.07, 6.45) is 0.565. The third kappa shape index (κ3) is 2.91. The van der Waals surface area contributed by atoms with Crippen LogP contribution in [0.15, 0.2) is 18.2 Å². The average molecular weight is 315 g/mol. The van der Waals surface area contributed by atoms with Crippen molar-refractivity contribution in [1.29, 1.82) is 0 Å². The lowest BCUT2D eigenvalue weighted by atomic mass is 10.0. The molecule has 6 heteroatoms. The number of carbonyl (C=O) groups is 2. The molecule has 1 aliphatic rings. The summed E-state index contributed by atoms with van der Waals surface area (Å²) < 4.78 is 0. The molecule has 108 valence electrons. The van der Waals surface area contributed by atoms with Crippen LogP contribution in [0.2, 0.25) is 10.0 Å². The monoisotopic (exact) mass is 314 g/mol. The van der Waals surface area contributed by atoms with Gasteiger partial charge in [0.05, 0.1) is 0 Å². The van der Waals surface area contributed by atoms with Gasteiger partial charge in [0.2, 0.25) is 11.8 Å². The van der Waals surface area contributed by atoms with E-state index in [1.165, 1.54) is 0 Å². The summed E-state index contributed by atoms with van der Waals surface area (Å²) in [5, 5.41) is 3.73. The summed E-state index contributed by atoms with van der Waals surface area (Å²) in [5.41, 5.74) is 0.782. The van der Waals surface area contributed by atoms with Gasteiger partial charge < -0.3 is 10.2 Å². The molecule has 1 fully saturated rings. The van der Waals surface area contributed by atoms with Crippen LogP contribution in [0.25, 0.3) is 0 Å². The van der Waals surface area contributed by atoms with E-state index in [0.29, 0.717) is 23.0 Å². The van der Waals surface area contributed by atoms with Gasteiger partial charge in [0.25, 0.3) is 0 Å². The summed E-state index contributed by atoms with van der Waals surface area (Å²) in [4.78, 5) is 25.8. The Hall–Kier alpha value is -1.26. The molecule has 1 aliphatic heterocycles. The zero-order valence-corrected chi connectivity index (χ0v) is 12.8. The van der Waals surface area contributed by atoms with Crippen LogP contribution in [0.1, 0.15) is 25.8 Å². The molecule has 1 heterocycles. The molecule has 0 bridgehead atoms. The van der Waals surface area contributed by atoms with Gasteiger partial charge in [-0.05, 0) is 31.0 Å². The fraction of sp³-hybridized carbons (Fsp3) is 0.429. The zero-order valence-electron chi connectivity index (χ0n) is 11.3. The molecular formula is C14H16Cl2N2O2. The van der Waals surface area contributed by atoms with E-state index in [2.05, 4.69) is 5.32 Å². The lowest BCUT2D eigenvalue weighted by Gasteiger charge is -2.37. The Kier molecular flexibility index (Phi) is 4.55. The highest BCUT2D eigenvalue weighted by molar-refractivity contribution is 6.35. The van der Waals surface area contributed by atoms with Crippen LogP contribution in [0, 0.1) is 0 Å². The van der Waals surface area contributed by atoms with Gasteiger partial charge in [0, 0.05) is 16.6 Å². The smallest absolute Gasteiger partial charge is 0.245 e. The highest BCUT2D eigenvalue weighted by Crippen LogP contribution is 2.24. The lowest BCUT2D eigenvalue weighted by Crippen LogP contribution is -2.61. The molecular weight excluding hydrogens is 299 g/mol. The normalized spacial score (nSPS) is 22.9. The number of benzene rings is 1. The van der Waals surface area contributed by atoms with Crippen LogP contribution in [-0.4, -0.2) is 28.8 Å². The Morgan fingerprint density at radius 3 is 2.60 bits per heavy atom. The standard InChI is InChI=1S/C14H16Cl2N2O2/c1-3-12-13(19)17-8(2)14(20)18(12)7-9-4-5-10(15)6-11(9)16/h4-6,8,12H,3,7H2,1-2H3,(H,17,19). The number of carbonyl (C=O) groups excluding carboxylic acids is 2. The van der Waals surface area contributed by atoms with Crippen molar-refractivity contribution >= 4 is 35.0 Å². The van der Waals surface area contributed by atoms with Crippen molar-refractivity contribution in [2.24, 2.45) is 0 Å². The van der Waals surface area contributed by atoms with E-state index in [4.69, 9.17) is 23.2 Å². The first kappa shape index (κ1) is 15.1. The van der Waals surface area contributed by atoms with Crippen LogP contribution < -0.4 is 5.32 Å². The Balaban J connectivity index is 2.28. The van der Waals surface area contributed by atoms with Gasteiger partial charge >= 0.3 is 0 Å². The van der Waals surface area contributed by atoms with Crippen molar-refractivity contribution < 1.29 is 9.59 Å². The van der Waals surface area contributed by atoms with E-state index in [0.717, 1.165) is 5.56 Å². The molecule has 1 saturated heterocycles. The largest absolute Gasteiger partial charge is 0.343 e. The van der Waals surface area contributed by atoms with Gasteiger partial charge in [-0.3, -0.25) is 9.59 Å². The highest BCUT2D eigenvalue weighted by atomic mass is 35.5. The van der Waals surface area contributed by atoms with E-state index in [1.54, 1.807) is 30.0 Å². The molecule has 0 aliphatic carbocycles. The molecule has 0 spiro atoms. The van der Waals surface area contributed by atoms with E-state index in [1.807, 2.05) is 6.92 Å². The maximum atomic E-state index is 12.3. The first-order valence-electron chi connectivity index (χ1n) is 6.48. The summed E-state index contributed by atoms with van der Waals surface area (Å²) >= 11 is 12.0. The summed E-state index contributed by atoms with van der Waals surface area (Å²) in [7, 11) is 0. The second-order valence-electron chi connectivity index (χ2n) is 4.86. The Bertz CT molecular complexity index is 548. The molecule has 1 aromatic carbocycles. The number of rotatable bonds is 3. The van der Waals surface area contributed by atoms with Crippen molar-refractivity contribution in [1.82, 2.24) is 10.2 Å². The third-order valence-electron chi connectivity index (χ3n) is 3.43. The SMILES string of the molecule is CCC1C(=O)NC(C)C(=O)N1Cc1ccc(Cl)cc1Cl. The number of halogens is 2. The van der Waals surface area contributed by atoms with Gasteiger partial charge in [0.15, 0.2) is 0 Å². The van der Waals surface area contributed by atoms with Crippen LogP contribution in [0.4, 0.5) is 0 Å². The Morgan fingerprint density at radius 2 is 2.00 bits per heavy atom. The minimum absolute atomic E-state index is 0.0949. The minimum Gasteiger partial charge on any atom is -0.343 e. The number of nitrogens with one attached hydrogen (secondary N) is 1. The van der Waals surface area contributed by atoms with E-state index in [9.17, 15) is 9.59 Å². The van der Waals surface area contributed by atoms with Crippen LogP contribution >= 0.6 is 23.2 Å². The Labute approximate surface area is 128 Å². The van der Waals surface area contributed by atoms with Crippen molar-refractivity contribution in [2.45, 2.75) is 38.9 Å². The quantitative estimate of drug-likeness (QED) is 0.932. The molecule has 2 unspecified atom stereocenters. The molecule has 4 nitrogen and oxygen atoms in total. The van der Waals surface area contributed by atoms with Crippen LogP contribution in [0.5, 0.6) is 0 Å². The van der Waals surface area contributed by atoms with E-state index in [-0.39, 0.29) is 11.8 Å². The summed E-state index contributed by atoms with van der Waals surface area (Å²) in [6.45, 7) is 3.87. The first-order chi connectivity index (χ1) is 9.43. The molecule has 20 heavy (non-hydrogen) atoms. The van der Waals surface area contributed by atoms with Gasteiger partial charge in [-0.25, -0.2) is 0 Å². The molecule has 0 saturated carbocycles.